The van der Waals surface area contributed by atoms with Gasteiger partial charge in [0.15, 0.2) is 17.5 Å². The molecule has 1 unspecified atom stereocenters. The van der Waals surface area contributed by atoms with Gasteiger partial charge in [-0.1, -0.05) is 0 Å². The van der Waals surface area contributed by atoms with Gasteiger partial charge in [-0.25, -0.2) is 0 Å². The summed E-state index contributed by atoms with van der Waals surface area (Å²) in [7, 11) is 1.64. The molecule has 2 aliphatic heterocycles. The van der Waals surface area contributed by atoms with Crippen LogP contribution >= 0.6 is 0 Å². The van der Waals surface area contributed by atoms with E-state index < -0.39 is 0 Å². The number of aliphatic imine (C=N–C) groups is 1. The molecule has 1 fully saturated rings. The molecule has 106 valence electrons. The smallest absolute Gasteiger partial charge is 0.231 e. The van der Waals surface area contributed by atoms with Crippen molar-refractivity contribution in [1.29, 1.82) is 0 Å². The highest BCUT2D eigenvalue weighted by Gasteiger charge is 2.39. The summed E-state index contributed by atoms with van der Waals surface area (Å²) in [6.45, 7) is 0.927. The lowest BCUT2D eigenvalue weighted by molar-refractivity contribution is 0.171. The van der Waals surface area contributed by atoms with Crippen molar-refractivity contribution in [3.63, 3.8) is 0 Å². The summed E-state index contributed by atoms with van der Waals surface area (Å²) < 4.78 is 16.3. The van der Waals surface area contributed by atoms with Gasteiger partial charge in [-0.05, 0) is 30.5 Å². The average molecular weight is 275 g/mol. The van der Waals surface area contributed by atoms with Gasteiger partial charge < -0.3 is 24.8 Å². The summed E-state index contributed by atoms with van der Waals surface area (Å²) in [5.41, 5.74) is 7.13. The maximum Gasteiger partial charge on any atom is 0.231 e. The van der Waals surface area contributed by atoms with Gasteiger partial charge in [0.25, 0.3) is 0 Å². The third kappa shape index (κ3) is 1.67. The Hall–Kier alpha value is -2.11. The molecule has 1 aromatic rings. The Morgan fingerprint density at radius 1 is 1.35 bits per heavy atom. The van der Waals surface area contributed by atoms with Gasteiger partial charge in [0.1, 0.15) is 0 Å². The standard InChI is InChI=1S/C14H17N3O3/c1-18-11-4-8(5-12-13(11)20-7-19-12)10-6-16-14(15)17(10)9-2-3-9/h4-5,9-10H,2-3,6-7H2,1H3,(H2,15,16). The largest absolute Gasteiger partial charge is 0.493 e. The Morgan fingerprint density at radius 2 is 2.20 bits per heavy atom. The van der Waals surface area contributed by atoms with Crippen LogP contribution in [0.1, 0.15) is 24.4 Å². The second-order valence-corrected chi connectivity index (χ2v) is 5.31. The van der Waals surface area contributed by atoms with E-state index in [1.54, 1.807) is 7.11 Å². The molecule has 4 rings (SSSR count). The molecular weight excluding hydrogens is 258 g/mol. The number of fused-ring (bicyclic) bond motifs is 1. The third-order valence-corrected chi connectivity index (χ3v) is 4.03. The lowest BCUT2D eigenvalue weighted by Crippen LogP contribution is -2.37. The number of nitrogens with two attached hydrogens (primary N) is 1. The van der Waals surface area contributed by atoms with Crippen molar-refractivity contribution in [3.8, 4) is 17.2 Å². The molecule has 1 aliphatic carbocycles. The van der Waals surface area contributed by atoms with Crippen molar-refractivity contribution >= 4 is 5.96 Å². The predicted molar refractivity (Wildman–Crippen MR) is 73.2 cm³/mol. The molecular formula is C14H17N3O3. The van der Waals surface area contributed by atoms with Crippen molar-refractivity contribution in [3.05, 3.63) is 17.7 Å². The van der Waals surface area contributed by atoms with Crippen LogP contribution in [0.5, 0.6) is 17.2 Å². The third-order valence-electron chi connectivity index (χ3n) is 4.03. The summed E-state index contributed by atoms with van der Waals surface area (Å²) in [5.74, 6) is 2.77. The summed E-state index contributed by atoms with van der Waals surface area (Å²) in [4.78, 5) is 6.61. The molecule has 0 aromatic heterocycles. The van der Waals surface area contributed by atoms with E-state index in [0.29, 0.717) is 30.0 Å². The zero-order valence-electron chi connectivity index (χ0n) is 11.3. The molecule has 1 aromatic carbocycles. The molecule has 0 radical (unpaired) electrons. The van der Waals surface area contributed by atoms with Crippen LogP contribution in [0.15, 0.2) is 17.1 Å². The molecule has 1 saturated carbocycles. The van der Waals surface area contributed by atoms with E-state index in [0.717, 1.165) is 11.3 Å². The van der Waals surface area contributed by atoms with Crippen molar-refractivity contribution in [2.75, 3.05) is 20.4 Å². The molecule has 20 heavy (non-hydrogen) atoms. The minimum absolute atomic E-state index is 0.172. The van der Waals surface area contributed by atoms with Crippen LogP contribution in [0.3, 0.4) is 0 Å². The number of rotatable bonds is 3. The number of nitrogens with zero attached hydrogens (tertiary/aromatic N) is 2. The summed E-state index contributed by atoms with van der Waals surface area (Å²) in [6.07, 6.45) is 2.38. The normalized spacial score (nSPS) is 23.9. The molecule has 3 aliphatic rings. The quantitative estimate of drug-likeness (QED) is 0.899. The van der Waals surface area contributed by atoms with E-state index in [1.807, 2.05) is 12.1 Å². The molecule has 2 N–H and O–H groups in total. The van der Waals surface area contributed by atoms with E-state index in [1.165, 1.54) is 12.8 Å². The van der Waals surface area contributed by atoms with Crippen molar-refractivity contribution < 1.29 is 14.2 Å². The molecule has 0 amide bonds. The molecule has 2 heterocycles. The Kier molecular flexibility index (Phi) is 2.45. The Balaban J connectivity index is 1.72. The molecule has 6 heteroatoms. The first-order valence-corrected chi connectivity index (χ1v) is 6.83. The second kappa shape index (κ2) is 4.19. The fourth-order valence-corrected chi connectivity index (χ4v) is 2.91. The van der Waals surface area contributed by atoms with E-state index in [-0.39, 0.29) is 12.8 Å². The van der Waals surface area contributed by atoms with E-state index in [9.17, 15) is 0 Å². The Bertz CT molecular complexity index is 583. The number of ether oxygens (including phenoxy) is 3. The molecule has 0 bridgehead atoms. The van der Waals surface area contributed by atoms with E-state index in [4.69, 9.17) is 19.9 Å². The van der Waals surface area contributed by atoms with Crippen LogP contribution in [0, 0.1) is 0 Å². The minimum atomic E-state index is 0.172. The van der Waals surface area contributed by atoms with Gasteiger partial charge in [-0.2, -0.15) is 0 Å². The first kappa shape index (κ1) is 11.7. The maximum absolute atomic E-state index is 6.02. The summed E-state index contributed by atoms with van der Waals surface area (Å²) in [5, 5.41) is 0. The Labute approximate surface area is 117 Å². The molecule has 1 atom stereocenters. The van der Waals surface area contributed by atoms with E-state index >= 15 is 0 Å². The number of hydrogen-bond donors (Lipinski definition) is 1. The fraction of sp³-hybridized carbons (Fsp3) is 0.500. The second-order valence-electron chi connectivity index (χ2n) is 5.31. The van der Waals surface area contributed by atoms with Crippen molar-refractivity contribution in [2.24, 2.45) is 10.7 Å². The van der Waals surface area contributed by atoms with Crippen LogP contribution in [-0.4, -0.2) is 37.3 Å². The first-order chi connectivity index (χ1) is 9.78. The van der Waals surface area contributed by atoms with Gasteiger partial charge in [0.2, 0.25) is 12.5 Å². The van der Waals surface area contributed by atoms with Gasteiger partial charge in [0.05, 0.1) is 19.7 Å². The molecule has 0 spiro atoms. The van der Waals surface area contributed by atoms with Crippen LogP contribution in [0.25, 0.3) is 0 Å². The minimum Gasteiger partial charge on any atom is -0.493 e. The number of hydrogen-bond acceptors (Lipinski definition) is 6. The molecule has 0 saturated heterocycles. The lowest BCUT2D eigenvalue weighted by Gasteiger charge is -2.26. The van der Waals surface area contributed by atoms with E-state index in [2.05, 4.69) is 9.89 Å². The van der Waals surface area contributed by atoms with Crippen LogP contribution < -0.4 is 19.9 Å². The monoisotopic (exact) mass is 275 g/mol. The average Bonchev–Trinajstić information content (AvgIpc) is 3.04. The first-order valence-electron chi connectivity index (χ1n) is 6.83. The number of methoxy groups -OCH3 is 1. The van der Waals surface area contributed by atoms with Gasteiger partial charge in [0, 0.05) is 6.04 Å². The van der Waals surface area contributed by atoms with Crippen LogP contribution in [-0.2, 0) is 0 Å². The SMILES string of the molecule is COc1cc(C2CN=C(N)N2C2CC2)cc2c1OCO2. The van der Waals surface area contributed by atoms with Gasteiger partial charge >= 0.3 is 0 Å². The van der Waals surface area contributed by atoms with Gasteiger partial charge in [-0.15, -0.1) is 0 Å². The molecule has 6 nitrogen and oxygen atoms in total. The van der Waals surface area contributed by atoms with Crippen LogP contribution in [0.2, 0.25) is 0 Å². The number of guanidine groups is 1. The Morgan fingerprint density at radius 3 is 2.95 bits per heavy atom. The number of benzene rings is 1. The fourth-order valence-electron chi connectivity index (χ4n) is 2.91. The van der Waals surface area contributed by atoms with Gasteiger partial charge in [-0.3, -0.25) is 4.99 Å². The summed E-state index contributed by atoms with van der Waals surface area (Å²) >= 11 is 0. The van der Waals surface area contributed by atoms with Crippen molar-refractivity contribution in [2.45, 2.75) is 24.9 Å². The van der Waals surface area contributed by atoms with Crippen molar-refractivity contribution in [1.82, 2.24) is 4.90 Å². The highest BCUT2D eigenvalue weighted by molar-refractivity contribution is 5.81. The zero-order valence-corrected chi connectivity index (χ0v) is 11.3. The topological polar surface area (TPSA) is 69.3 Å². The lowest BCUT2D eigenvalue weighted by atomic mass is 10.0. The zero-order chi connectivity index (χ0) is 13.7. The predicted octanol–water partition coefficient (Wildman–Crippen LogP) is 1.26. The highest BCUT2D eigenvalue weighted by Crippen LogP contribution is 2.45. The maximum atomic E-state index is 6.02. The van der Waals surface area contributed by atoms with Crippen LogP contribution in [0.4, 0.5) is 0 Å². The summed E-state index contributed by atoms with van der Waals surface area (Å²) in [6, 6.07) is 4.72. The highest BCUT2D eigenvalue weighted by atomic mass is 16.7.